The minimum atomic E-state index is -1.21. The summed E-state index contributed by atoms with van der Waals surface area (Å²) in [5, 5.41) is 16.7. The Kier molecular flexibility index (Phi) is 6.83. The molecule has 9 nitrogen and oxygen atoms in total. The number of aliphatic hydroxyl groups is 1. The van der Waals surface area contributed by atoms with Gasteiger partial charge in [-0.05, 0) is 55.3 Å². The number of hydrogen-bond acceptors (Lipinski definition) is 8. The van der Waals surface area contributed by atoms with Crippen molar-refractivity contribution in [2.75, 3.05) is 30.6 Å². The molecule has 0 bridgehead atoms. The first-order valence-electron chi connectivity index (χ1n) is 12.0. The highest BCUT2D eigenvalue weighted by atomic mass is 19.1. The van der Waals surface area contributed by atoms with E-state index in [1.165, 1.54) is 56.7 Å². The maximum atomic E-state index is 15.1. The zero-order valence-electron chi connectivity index (χ0n) is 21.1. The Bertz CT molecular complexity index is 1540. The number of fused-ring (bicyclic) bond motifs is 1. The average molecular weight is 537 g/mol. The normalized spacial score (nSPS) is 14.4. The van der Waals surface area contributed by atoms with E-state index in [4.69, 9.17) is 19.9 Å². The van der Waals surface area contributed by atoms with E-state index in [9.17, 15) is 14.3 Å². The molecule has 5 N–H and O–H groups in total. The molecule has 1 atom stereocenters. The lowest BCUT2D eigenvalue weighted by atomic mass is 10.0. The number of nitrogen functional groups attached to an aromatic ring is 1. The number of carbonyl (C=O) groups excluding carboxylic acids is 1. The van der Waals surface area contributed by atoms with E-state index in [0.29, 0.717) is 40.9 Å². The molecule has 3 aromatic carbocycles. The molecule has 1 fully saturated rings. The second kappa shape index (κ2) is 10.3. The molecule has 0 saturated heterocycles. The van der Waals surface area contributed by atoms with Crippen LogP contribution in [0.4, 0.5) is 26.0 Å². The van der Waals surface area contributed by atoms with Crippen LogP contribution in [-0.4, -0.2) is 36.4 Å². The molecule has 1 aliphatic rings. The fourth-order valence-electron chi connectivity index (χ4n) is 4.26. The number of nitrogens with one attached hydrogen (secondary N) is 2. The molecule has 1 aromatic heterocycles. The third kappa shape index (κ3) is 5.21. The molecule has 1 saturated carbocycles. The highest BCUT2D eigenvalue weighted by Gasteiger charge is 2.55. The number of amides is 1. The molecule has 1 unspecified atom stereocenters. The minimum absolute atomic E-state index is 0.103. The van der Waals surface area contributed by atoms with Gasteiger partial charge in [0.25, 0.3) is 0 Å². The van der Waals surface area contributed by atoms with Gasteiger partial charge in [0.1, 0.15) is 23.6 Å². The highest BCUT2D eigenvalue weighted by Crippen LogP contribution is 2.50. The van der Waals surface area contributed by atoms with E-state index >= 15 is 4.39 Å². The van der Waals surface area contributed by atoms with Crippen molar-refractivity contribution in [3.05, 3.63) is 72.3 Å². The van der Waals surface area contributed by atoms with Gasteiger partial charge in [-0.3, -0.25) is 4.79 Å². The number of anilines is 3. The van der Waals surface area contributed by atoms with Crippen LogP contribution in [0, 0.1) is 17.0 Å². The zero-order chi connectivity index (χ0) is 27.7. The quantitative estimate of drug-likeness (QED) is 0.219. The Balaban J connectivity index is 1.33. The van der Waals surface area contributed by atoms with E-state index in [-0.39, 0.29) is 23.0 Å². The van der Waals surface area contributed by atoms with Gasteiger partial charge in [-0.1, -0.05) is 0 Å². The number of benzene rings is 3. The first-order valence-corrected chi connectivity index (χ1v) is 12.0. The van der Waals surface area contributed by atoms with Crippen LogP contribution in [0.3, 0.4) is 0 Å². The van der Waals surface area contributed by atoms with Crippen LogP contribution in [0.1, 0.15) is 12.8 Å². The van der Waals surface area contributed by atoms with Crippen LogP contribution in [0.25, 0.3) is 10.9 Å². The molecule has 0 radical (unpaired) electrons. The van der Waals surface area contributed by atoms with Gasteiger partial charge in [-0.2, -0.15) is 0 Å². The van der Waals surface area contributed by atoms with Crippen molar-refractivity contribution in [3.63, 3.8) is 0 Å². The predicted molar refractivity (Wildman–Crippen MR) is 142 cm³/mol. The Labute approximate surface area is 222 Å². The molecule has 11 heteroatoms. The number of aromatic nitrogens is 1. The van der Waals surface area contributed by atoms with Crippen LogP contribution in [-0.2, 0) is 4.79 Å². The molecule has 0 aliphatic heterocycles. The summed E-state index contributed by atoms with van der Waals surface area (Å²) >= 11 is 0. The van der Waals surface area contributed by atoms with Gasteiger partial charge in [-0.25, -0.2) is 13.8 Å². The topological polar surface area (TPSA) is 128 Å². The van der Waals surface area contributed by atoms with Crippen molar-refractivity contribution in [3.8, 4) is 23.0 Å². The van der Waals surface area contributed by atoms with Crippen LogP contribution in [0.15, 0.2) is 60.7 Å². The summed E-state index contributed by atoms with van der Waals surface area (Å²) in [5.41, 5.74) is 5.97. The van der Waals surface area contributed by atoms with Crippen LogP contribution in [0.5, 0.6) is 23.0 Å². The van der Waals surface area contributed by atoms with Crippen LogP contribution >= 0.6 is 0 Å². The number of methoxy groups -OCH3 is 2. The molecule has 1 aliphatic carbocycles. The molecule has 1 amide bonds. The van der Waals surface area contributed by atoms with Gasteiger partial charge in [0.2, 0.25) is 5.91 Å². The van der Waals surface area contributed by atoms with E-state index in [1.54, 1.807) is 12.1 Å². The Hall–Kier alpha value is -4.64. The summed E-state index contributed by atoms with van der Waals surface area (Å²) < 4.78 is 44.7. The van der Waals surface area contributed by atoms with Crippen LogP contribution in [0.2, 0.25) is 0 Å². The van der Waals surface area contributed by atoms with Gasteiger partial charge in [-0.15, -0.1) is 0 Å². The summed E-state index contributed by atoms with van der Waals surface area (Å²) in [6.45, 7) is 0. The molecule has 5 rings (SSSR count). The summed E-state index contributed by atoms with van der Waals surface area (Å²) in [6.07, 6.45) is -0.345. The number of rotatable bonds is 9. The van der Waals surface area contributed by atoms with Crippen molar-refractivity contribution >= 4 is 34.0 Å². The summed E-state index contributed by atoms with van der Waals surface area (Å²) in [4.78, 5) is 17.3. The van der Waals surface area contributed by atoms with Gasteiger partial charge in [0, 0.05) is 35.0 Å². The monoisotopic (exact) mass is 536 g/mol. The highest BCUT2D eigenvalue weighted by molar-refractivity contribution is 5.98. The second-order valence-corrected chi connectivity index (χ2v) is 9.18. The molecular formula is C28H26F2N4O5. The number of nitrogens with zero attached hydrogens (tertiary/aromatic N) is 1. The fraction of sp³-hybridized carbons (Fsp3) is 0.214. The summed E-state index contributed by atoms with van der Waals surface area (Å²) in [7, 11) is 2.99. The molecule has 4 aromatic rings. The van der Waals surface area contributed by atoms with Gasteiger partial charge >= 0.3 is 0 Å². The SMILES string of the molecule is COc1cc2nc(N)cc(Oc3ccc(NC(=O)C4(C(O)Nc5ccc(F)cc5)CC4)cc3F)c2cc1OC. The average Bonchev–Trinajstić information content (AvgIpc) is 3.73. The standard InChI is InChI=1S/C28H26F2N4O5/c1-37-23-12-18-20(13-24(23)38-2)34-25(31)14-22(18)39-21-8-7-17(11-19(21)30)33-27(36)28(9-10-28)26(35)32-16-5-3-15(29)4-6-16/h3-8,11-14,26,32,35H,9-10H2,1-2H3,(H2,31,34)(H,33,36). The molecule has 1 heterocycles. The Morgan fingerprint density at radius 1 is 0.949 bits per heavy atom. The summed E-state index contributed by atoms with van der Waals surface area (Å²) in [5.74, 6) is -0.412. The van der Waals surface area contributed by atoms with Crippen molar-refractivity contribution in [2.45, 2.75) is 19.1 Å². The van der Waals surface area contributed by atoms with Gasteiger partial charge < -0.3 is 35.7 Å². The maximum Gasteiger partial charge on any atom is 0.235 e. The Morgan fingerprint density at radius 3 is 2.26 bits per heavy atom. The summed E-state index contributed by atoms with van der Waals surface area (Å²) in [6, 6.07) is 14.2. The van der Waals surface area contributed by atoms with Crippen molar-refractivity contribution in [1.29, 1.82) is 0 Å². The maximum absolute atomic E-state index is 15.1. The lowest BCUT2D eigenvalue weighted by Gasteiger charge is -2.23. The first-order chi connectivity index (χ1) is 18.7. The largest absolute Gasteiger partial charge is 0.493 e. The smallest absolute Gasteiger partial charge is 0.235 e. The fourth-order valence-corrected chi connectivity index (χ4v) is 4.26. The van der Waals surface area contributed by atoms with E-state index in [2.05, 4.69) is 15.6 Å². The number of nitrogens with two attached hydrogens (primary N) is 1. The van der Waals surface area contributed by atoms with Gasteiger partial charge in [0.05, 0.1) is 25.2 Å². The minimum Gasteiger partial charge on any atom is -0.493 e. The van der Waals surface area contributed by atoms with Crippen molar-refractivity contribution < 1.29 is 32.9 Å². The number of halogens is 2. The van der Waals surface area contributed by atoms with Crippen molar-refractivity contribution in [2.24, 2.45) is 5.41 Å². The van der Waals surface area contributed by atoms with Gasteiger partial charge in [0.15, 0.2) is 23.1 Å². The molecule has 39 heavy (non-hydrogen) atoms. The molecular weight excluding hydrogens is 510 g/mol. The first kappa shape index (κ1) is 26.0. The van der Waals surface area contributed by atoms with E-state index in [0.717, 1.165) is 6.07 Å². The second-order valence-electron chi connectivity index (χ2n) is 9.18. The zero-order valence-corrected chi connectivity index (χ0v) is 21.1. The predicted octanol–water partition coefficient (Wildman–Crippen LogP) is 5.05. The number of carbonyl (C=O) groups is 1. The lowest BCUT2D eigenvalue weighted by Crippen LogP contribution is -2.39. The number of hydrogen-bond donors (Lipinski definition) is 4. The van der Waals surface area contributed by atoms with E-state index < -0.39 is 29.2 Å². The number of ether oxygens (including phenoxy) is 3. The third-order valence-electron chi connectivity index (χ3n) is 6.62. The molecule has 202 valence electrons. The van der Waals surface area contributed by atoms with Crippen LogP contribution < -0.4 is 30.6 Å². The van der Waals surface area contributed by atoms with Crippen molar-refractivity contribution in [1.82, 2.24) is 4.98 Å². The Morgan fingerprint density at radius 2 is 1.62 bits per heavy atom. The lowest BCUT2D eigenvalue weighted by molar-refractivity contribution is -0.124. The number of pyridine rings is 1. The third-order valence-corrected chi connectivity index (χ3v) is 6.62. The number of aliphatic hydroxyl groups excluding tert-OH is 1. The molecule has 0 spiro atoms. The van der Waals surface area contributed by atoms with E-state index in [1.807, 2.05) is 0 Å².